The van der Waals surface area contributed by atoms with E-state index in [1.807, 2.05) is 35.4 Å². The van der Waals surface area contributed by atoms with Crippen molar-refractivity contribution in [2.24, 2.45) is 0 Å². The Bertz CT molecular complexity index is 809. The van der Waals surface area contributed by atoms with E-state index >= 15 is 0 Å². The molecule has 144 valence electrons. The van der Waals surface area contributed by atoms with Crippen molar-refractivity contribution in [1.82, 2.24) is 9.88 Å². The topological polar surface area (TPSA) is 45.7 Å². The molecule has 1 amide bonds. The summed E-state index contributed by atoms with van der Waals surface area (Å²) in [4.78, 5) is 23.2. The molecule has 27 heavy (non-hydrogen) atoms. The number of rotatable bonds is 5. The molecule has 1 aromatic carbocycles. The van der Waals surface area contributed by atoms with Gasteiger partial charge in [0.1, 0.15) is 10.8 Å². The van der Waals surface area contributed by atoms with Gasteiger partial charge in [0.25, 0.3) is 0 Å². The Labute approximate surface area is 165 Å². The number of carbonyl (C=O) groups is 1. The minimum atomic E-state index is 0.157. The van der Waals surface area contributed by atoms with Crippen LogP contribution in [-0.4, -0.2) is 43.0 Å². The molecule has 1 aromatic heterocycles. The summed E-state index contributed by atoms with van der Waals surface area (Å²) >= 11 is 1.83. The maximum atomic E-state index is 12.9. The molecule has 0 unspecified atom stereocenters. The van der Waals surface area contributed by atoms with Crippen molar-refractivity contribution < 1.29 is 9.53 Å². The van der Waals surface area contributed by atoms with Crippen LogP contribution in [0.25, 0.3) is 0 Å². The minimum absolute atomic E-state index is 0.157. The van der Waals surface area contributed by atoms with Gasteiger partial charge in [-0.1, -0.05) is 0 Å². The number of hydrogen-bond acceptors (Lipinski definition) is 5. The fourth-order valence-electron chi connectivity index (χ4n) is 4.04. The summed E-state index contributed by atoms with van der Waals surface area (Å²) < 4.78 is 5.32. The quantitative estimate of drug-likeness (QED) is 0.791. The van der Waals surface area contributed by atoms with Crippen LogP contribution in [0, 0.1) is 0 Å². The van der Waals surface area contributed by atoms with E-state index in [0.29, 0.717) is 6.54 Å². The van der Waals surface area contributed by atoms with Crippen LogP contribution in [0.1, 0.15) is 40.4 Å². The lowest BCUT2D eigenvalue weighted by molar-refractivity contribution is -0.119. The first-order valence-corrected chi connectivity index (χ1v) is 10.6. The molecule has 2 heterocycles. The standard InChI is InChI=1S/C21H27N3O2S/c1-23(13-20-22-17-7-3-4-8-19(17)27-20)14-21(25)24-11-5-6-15-12-16(26-2)9-10-18(15)24/h9-10,12H,3-8,11,13-14H2,1-2H3. The number of ether oxygens (including phenoxy) is 1. The van der Waals surface area contributed by atoms with Crippen LogP contribution in [0.5, 0.6) is 5.75 Å². The molecule has 1 aliphatic carbocycles. The Kier molecular flexibility index (Phi) is 5.45. The van der Waals surface area contributed by atoms with Crippen LogP contribution in [-0.2, 0) is 30.6 Å². The van der Waals surface area contributed by atoms with Gasteiger partial charge in [0.15, 0.2) is 0 Å². The second kappa shape index (κ2) is 7.98. The average Bonchev–Trinajstić information content (AvgIpc) is 3.08. The molecule has 1 aliphatic heterocycles. The third-order valence-corrected chi connectivity index (χ3v) is 6.55. The SMILES string of the molecule is COc1ccc2c(c1)CCCN2C(=O)CN(C)Cc1nc2c(s1)CCCC2. The van der Waals surface area contributed by atoms with Crippen molar-refractivity contribution in [2.45, 2.75) is 45.1 Å². The zero-order chi connectivity index (χ0) is 18.8. The number of fused-ring (bicyclic) bond motifs is 2. The molecule has 0 radical (unpaired) electrons. The van der Waals surface area contributed by atoms with Crippen LogP contribution in [0.4, 0.5) is 5.69 Å². The van der Waals surface area contributed by atoms with E-state index in [1.165, 1.54) is 35.4 Å². The number of nitrogens with zero attached hydrogens (tertiary/aromatic N) is 3. The van der Waals surface area contributed by atoms with E-state index in [2.05, 4.69) is 11.0 Å². The number of amides is 1. The van der Waals surface area contributed by atoms with Gasteiger partial charge in [0.05, 0.1) is 25.9 Å². The lowest BCUT2D eigenvalue weighted by atomic mass is 10.0. The van der Waals surface area contributed by atoms with Gasteiger partial charge >= 0.3 is 0 Å². The second-order valence-corrected chi connectivity index (χ2v) is 8.67. The summed E-state index contributed by atoms with van der Waals surface area (Å²) in [5.74, 6) is 1.01. The van der Waals surface area contributed by atoms with Crippen molar-refractivity contribution in [3.05, 3.63) is 39.3 Å². The van der Waals surface area contributed by atoms with Gasteiger partial charge in [0, 0.05) is 17.1 Å². The van der Waals surface area contributed by atoms with Gasteiger partial charge in [0.2, 0.25) is 5.91 Å². The highest BCUT2D eigenvalue weighted by Crippen LogP contribution is 2.31. The van der Waals surface area contributed by atoms with E-state index in [-0.39, 0.29) is 5.91 Å². The lowest BCUT2D eigenvalue weighted by Gasteiger charge is -2.31. The number of aromatic nitrogens is 1. The molecule has 4 rings (SSSR count). The number of thiazole rings is 1. The van der Waals surface area contributed by atoms with Gasteiger partial charge in [-0.2, -0.15) is 0 Å². The molecule has 5 nitrogen and oxygen atoms in total. The smallest absolute Gasteiger partial charge is 0.241 e. The zero-order valence-electron chi connectivity index (χ0n) is 16.2. The maximum Gasteiger partial charge on any atom is 0.241 e. The van der Waals surface area contributed by atoms with E-state index in [4.69, 9.17) is 9.72 Å². The number of anilines is 1. The van der Waals surface area contributed by atoms with Crippen LogP contribution < -0.4 is 9.64 Å². The summed E-state index contributed by atoms with van der Waals surface area (Å²) in [6, 6.07) is 6.01. The molecule has 0 atom stereocenters. The van der Waals surface area contributed by atoms with Crippen molar-refractivity contribution in [3.63, 3.8) is 0 Å². The summed E-state index contributed by atoms with van der Waals surface area (Å²) in [5, 5.41) is 1.14. The molecule has 2 aromatic rings. The number of likely N-dealkylation sites (N-methyl/N-ethyl adjacent to an activating group) is 1. The Balaban J connectivity index is 1.41. The largest absolute Gasteiger partial charge is 0.497 e. The summed E-state index contributed by atoms with van der Waals surface area (Å²) in [6.45, 7) is 1.94. The first-order chi connectivity index (χ1) is 13.1. The highest BCUT2D eigenvalue weighted by molar-refractivity contribution is 7.11. The Morgan fingerprint density at radius 3 is 2.93 bits per heavy atom. The Hall–Kier alpha value is -1.92. The van der Waals surface area contributed by atoms with Gasteiger partial charge in [-0.15, -0.1) is 11.3 Å². The predicted octanol–water partition coefficient (Wildman–Crippen LogP) is 3.44. The minimum Gasteiger partial charge on any atom is -0.497 e. The predicted molar refractivity (Wildman–Crippen MR) is 109 cm³/mol. The van der Waals surface area contributed by atoms with Crippen molar-refractivity contribution >= 4 is 22.9 Å². The normalized spacial score (nSPS) is 16.2. The molecule has 6 heteroatoms. The van der Waals surface area contributed by atoms with E-state index in [9.17, 15) is 4.79 Å². The van der Waals surface area contributed by atoms with Gasteiger partial charge in [-0.3, -0.25) is 9.69 Å². The summed E-state index contributed by atoms with van der Waals surface area (Å²) in [5.41, 5.74) is 3.52. The van der Waals surface area contributed by atoms with Gasteiger partial charge in [-0.05, 0) is 69.3 Å². The van der Waals surface area contributed by atoms with Crippen LogP contribution >= 0.6 is 11.3 Å². The molecular weight excluding hydrogens is 358 g/mol. The fraction of sp³-hybridized carbons (Fsp3) is 0.524. The summed E-state index contributed by atoms with van der Waals surface area (Å²) in [7, 11) is 3.69. The molecule has 0 fully saturated rings. The molecule has 0 N–H and O–H groups in total. The third-order valence-electron chi connectivity index (χ3n) is 5.41. The van der Waals surface area contributed by atoms with Crippen molar-refractivity contribution in [1.29, 1.82) is 0 Å². The van der Waals surface area contributed by atoms with Crippen LogP contribution in [0.3, 0.4) is 0 Å². The number of carbonyl (C=O) groups excluding carboxylic acids is 1. The van der Waals surface area contributed by atoms with Crippen molar-refractivity contribution in [2.75, 3.05) is 32.1 Å². The molecular formula is C21H27N3O2S. The Morgan fingerprint density at radius 1 is 1.26 bits per heavy atom. The first-order valence-electron chi connectivity index (χ1n) is 9.77. The number of methoxy groups -OCH3 is 1. The highest BCUT2D eigenvalue weighted by atomic mass is 32.1. The van der Waals surface area contributed by atoms with E-state index in [1.54, 1.807) is 7.11 Å². The van der Waals surface area contributed by atoms with E-state index < -0.39 is 0 Å². The third kappa shape index (κ3) is 4.01. The number of hydrogen-bond donors (Lipinski definition) is 0. The first kappa shape index (κ1) is 18.4. The Morgan fingerprint density at radius 2 is 2.11 bits per heavy atom. The monoisotopic (exact) mass is 385 g/mol. The number of aryl methyl sites for hydroxylation is 3. The molecule has 0 bridgehead atoms. The van der Waals surface area contributed by atoms with E-state index in [0.717, 1.165) is 48.8 Å². The fourth-order valence-corrected chi connectivity index (χ4v) is 5.27. The second-order valence-electron chi connectivity index (χ2n) is 7.50. The van der Waals surface area contributed by atoms with Gasteiger partial charge in [-0.25, -0.2) is 4.98 Å². The van der Waals surface area contributed by atoms with Crippen LogP contribution in [0.2, 0.25) is 0 Å². The zero-order valence-corrected chi connectivity index (χ0v) is 17.0. The highest BCUT2D eigenvalue weighted by Gasteiger charge is 2.24. The molecule has 0 saturated heterocycles. The van der Waals surface area contributed by atoms with Crippen molar-refractivity contribution in [3.8, 4) is 5.75 Å². The van der Waals surface area contributed by atoms with Crippen LogP contribution in [0.15, 0.2) is 18.2 Å². The van der Waals surface area contributed by atoms with Gasteiger partial charge < -0.3 is 9.64 Å². The lowest BCUT2D eigenvalue weighted by Crippen LogP contribution is -2.41. The maximum absolute atomic E-state index is 12.9. The average molecular weight is 386 g/mol. The molecule has 0 saturated carbocycles. The molecule has 2 aliphatic rings. The molecule has 0 spiro atoms. The summed E-state index contributed by atoms with van der Waals surface area (Å²) in [6.07, 6.45) is 6.81. The number of benzene rings is 1.